The van der Waals surface area contributed by atoms with Crippen molar-refractivity contribution in [2.75, 3.05) is 19.6 Å². The predicted octanol–water partition coefficient (Wildman–Crippen LogP) is 2.45. The topological polar surface area (TPSA) is 52.6 Å². The minimum Gasteiger partial charge on any atom is -0.388 e. The number of amides is 1. The molecule has 1 aliphatic heterocycles. The van der Waals surface area contributed by atoms with Crippen molar-refractivity contribution in [1.29, 1.82) is 0 Å². The Bertz CT molecular complexity index is 373. The first-order chi connectivity index (χ1) is 10.7. The van der Waals surface area contributed by atoms with Crippen molar-refractivity contribution in [3.05, 3.63) is 0 Å². The summed E-state index contributed by atoms with van der Waals surface area (Å²) in [7, 11) is 0. The largest absolute Gasteiger partial charge is 0.388 e. The molecule has 0 aromatic rings. The third-order valence-corrected chi connectivity index (χ3v) is 6.06. The first-order valence-electron chi connectivity index (χ1n) is 9.40. The molecule has 2 saturated carbocycles. The number of likely N-dealkylation sites (tertiary alicyclic amines) is 1. The van der Waals surface area contributed by atoms with Gasteiger partial charge in [-0.25, -0.2) is 0 Å². The third-order valence-electron chi connectivity index (χ3n) is 6.06. The number of nitrogens with one attached hydrogen (secondary N) is 1. The van der Waals surface area contributed by atoms with Gasteiger partial charge in [0.15, 0.2) is 0 Å². The number of hydrogen-bond donors (Lipinski definition) is 2. The maximum absolute atomic E-state index is 12.4. The van der Waals surface area contributed by atoms with E-state index in [1.54, 1.807) is 0 Å². The van der Waals surface area contributed by atoms with Gasteiger partial charge in [0.05, 0.1) is 11.5 Å². The fraction of sp³-hybridized carbons (Fsp3) is 0.944. The quantitative estimate of drug-likeness (QED) is 0.839. The Balaban J connectivity index is 1.43. The smallest absolute Gasteiger partial charge is 0.224 e. The molecule has 1 saturated heterocycles. The van der Waals surface area contributed by atoms with Gasteiger partial charge in [0, 0.05) is 19.1 Å². The van der Waals surface area contributed by atoms with Crippen molar-refractivity contribution >= 4 is 5.91 Å². The van der Waals surface area contributed by atoms with Gasteiger partial charge < -0.3 is 10.4 Å². The normalized spacial score (nSPS) is 30.3. The monoisotopic (exact) mass is 308 g/mol. The lowest BCUT2D eigenvalue weighted by atomic mass is 9.85. The Labute approximate surface area is 134 Å². The summed E-state index contributed by atoms with van der Waals surface area (Å²) < 4.78 is 0. The second-order valence-electron chi connectivity index (χ2n) is 7.78. The molecular weight excluding hydrogens is 276 g/mol. The number of rotatable bonds is 4. The molecule has 0 radical (unpaired) electrons. The van der Waals surface area contributed by atoms with Crippen LogP contribution in [0, 0.1) is 5.92 Å². The van der Waals surface area contributed by atoms with Crippen LogP contribution in [0.3, 0.4) is 0 Å². The minimum absolute atomic E-state index is 0.133. The number of aliphatic hydroxyl groups is 1. The number of nitrogens with zero attached hydrogens (tertiary/aromatic N) is 1. The van der Waals surface area contributed by atoms with Crippen LogP contribution in [0.15, 0.2) is 0 Å². The first kappa shape index (κ1) is 16.3. The molecule has 4 heteroatoms. The molecule has 1 amide bonds. The summed E-state index contributed by atoms with van der Waals surface area (Å²) in [4.78, 5) is 15.0. The molecular formula is C18H32N2O2. The molecule has 1 atom stereocenters. The van der Waals surface area contributed by atoms with Gasteiger partial charge >= 0.3 is 0 Å². The fourth-order valence-corrected chi connectivity index (χ4v) is 4.56. The molecule has 2 aliphatic carbocycles. The zero-order chi connectivity index (χ0) is 15.4. The van der Waals surface area contributed by atoms with Gasteiger partial charge in [-0.15, -0.1) is 0 Å². The summed E-state index contributed by atoms with van der Waals surface area (Å²) in [5.41, 5.74) is -0.643. The van der Waals surface area contributed by atoms with Crippen molar-refractivity contribution < 1.29 is 9.90 Å². The summed E-state index contributed by atoms with van der Waals surface area (Å²) in [6.07, 6.45) is 12.8. The molecule has 0 bridgehead atoms. The lowest BCUT2D eigenvalue weighted by molar-refractivity contribution is -0.126. The molecule has 1 heterocycles. The van der Waals surface area contributed by atoms with Gasteiger partial charge in [-0.3, -0.25) is 9.69 Å². The summed E-state index contributed by atoms with van der Waals surface area (Å²) >= 11 is 0. The highest BCUT2D eigenvalue weighted by atomic mass is 16.3. The Morgan fingerprint density at radius 3 is 2.45 bits per heavy atom. The molecule has 3 fully saturated rings. The lowest BCUT2D eigenvalue weighted by Gasteiger charge is -2.32. The maximum atomic E-state index is 12.4. The highest BCUT2D eigenvalue weighted by Crippen LogP contribution is 2.29. The van der Waals surface area contributed by atoms with Gasteiger partial charge in [-0.2, -0.15) is 0 Å². The summed E-state index contributed by atoms with van der Waals surface area (Å²) in [5, 5.41) is 13.5. The Morgan fingerprint density at radius 2 is 1.73 bits per heavy atom. The van der Waals surface area contributed by atoms with Gasteiger partial charge in [0.2, 0.25) is 5.91 Å². The van der Waals surface area contributed by atoms with E-state index < -0.39 is 5.60 Å². The second kappa shape index (κ2) is 7.31. The predicted molar refractivity (Wildman–Crippen MR) is 87.6 cm³/mol. The summed E-state index contributed by atoms with van der Waals surface area (Å²) in [6, 6.07) is 0.717. The van der Waals surface area contributed by atoms with Crippen molar-refractivity contribution in [3.8, 4) is 0 Å². The van der Waals surface area contributed by atoms with Gasteiger partial charge in [0.1, 0.15) is 0 Å². The van der Waals surface area contributed by atoms with Crippen LogP contribution in [0.5, 0.6) is 0 Å². The highest BCUT2D eigenvalue weighted by Gasteiger charge is 2.34. The van der Waals surface area contributed by atoms with Crippen LogP contribution in [-0.2, 0) is 4.79 Å². The van der Waals surface area contributed by atoms with Crippen LogP contribution in [0.1, 0.15) is 70.6 Å². The van der Waals surface area contributed by atoms with E-state index in [4.69, 9.17) is 0 Å². The van der Waals surface area contributed by atoms with Crippen LogP contribution in [0.25, 0.3) is 0 Å². The van der Waals surface area contributed by atoms with Crippen molar-refractivity contribution in [1.82, 2.24) is 10.2 Å². The average molecular weight is 308 g/mol. The van der Waals surface area contributed by atoms with Crippen LogP contribution >= 0.6 is 0 Å². The molecule has 0 aromatic carbocycles. The summed E-state index contributed by atoms with van der Waals surface area (Å²) in [6.45, 7) is 2.45. The molecule has 3 rings (SSSR count). The van der Waals surface area contributed by atoms with Gasteiger partial charge in [0.25, 0.3) is 0 Å². The van der Waals surface area contributed by atoms with Crippen LogP contribution in [0.2, 0.25) is 0 Å². The van der Waals surface area contributed by atoms with Gasteiger partial charge in [-0.05, 0) is 38.6 Å². The second-order valence-corrected chi connectivity index (χ2v) is 7.78. The van der Waals surface area contributed by atoms with Crippen LogP contribution in [0.4, 0.5) is 0 Å². The van der Waals surface area contributed by atoms with Crippen LogP contribution in [-0.4, -0.2) is 47.2 Å². The number of carbonyl (C=O) groups is 1. The molecule has 1 unspecified atom stereocenters. The molecule has 22 heavy (non-hydrogen) atoms. The molecule has 0 aromatic heterocycles. The zero-order valence-electron chi connectivity index (χ0n) is 13.9. The van der Waals surface area contributed by atoms with E-state index in [9.17, 15) is 9.90 Å². The Hall–Kier alpha value is -0.610. The standard InChI is InChI=1S/C18H32N2O2/c21-17(19-14-18(22)10-5-2-6-11-18)15-9-12-20(13-15)16-7-3-1-4-8-16/h15-16,22H,1-14H2,(H,19,21). The molecule has 4 nitrogen and oxygen atoms in total. The Kier molecular flexibility index (Phi) is 5.40. The molecule has 126 valence electrons. The first-order valence-corrected chi connectivity index (χ1v) is 9.40. The third kappa shape index (κ3) is 4.02. The van der Waals surface area contributed by atoms with E-state index in [1.807, 2.05) is 0 Å². The van der Waals surface area contributed by atoms with E-state index in [0.717, 1.165) is 45.2 Å². The van der Waals surface area contributed by atoms with Crippen molar-refractivity contribution in [2.24, 2.45) is 5.92 Å². The lowest BCUT2D eigenvalue weighted by Crippen LogP contribution is -2.46. The van der Waals surface area contributed by atoms with E-state index in [0.29, 0.717) is 12.6 Å². The molecule has 0 spiro atoms. The molecule has 3 aliphatic rings. The van der Waals surface area contributed by atoms with E-state index in [2.05, 4.69) is 10.2 Å². The SMILES string of the molecule is O=C(NCC1(O)CCCCC1)C1CCN(C2CCCCC2)C1. The summed E-state index contributed by atoms with van der Waals surface area (Å²) in [5.74, 6) is 0.298. The van der Waals surface area contributed by atoms with Crippen LogP contribution < -0.4 is 5.32 Å². The minimum atomic E-state index is -0.643. The zero-order valence-corrected chi connectivity index (χ0v) is 13.9. The number of carbonyl (C=O) groups excluding carboxylic acids is 1. The van der Waals surface area contributed by atoms with Gasteiger partial charge in [-0.1, -0.05) is 38.5 Å². The van der Waals surface area contributed by atoms with E-state index in [-0.39, 0.29) is 11.8 Å². The van der Waals surface area contributed by atoms with Crippen molar-refractivity contribution in [2.45, 2.75) is 82.3 Å². The average Bonchev–Trinajstić information content (AvgIpc) is 3.04. The van der Waals surface area contributed by atoms with E-state index >= 15 is 0 Å². The number of hydrogen-bond acceptors (Lipinski definition) is 3. The van der Waals surface area contributed by atoms with E-state index in [1.165, 1.54) is 38.5 Å². The molecule has 2 N–H and O–H groups in total. The fourth-order valence-electron chi connectivity index (χ4n) is 4.56. The Morgan fingerprint density at radius 1 is 1.05 bits per heavy atom. The highest BCUT2D eigenvalue weighted by molar-refractivity contribution is 5.79. The maximum Gasteiger partial charge on any atom is 0.224 e. The van der Waals surface area contributed by atoms with Crippen molar-refractivity contribution in [3.63, 3.8) is 0 Å².